The number of rotatable bonds is 7. The number of aromatic amines is 1. The molecule has 2 aromatic heterocycles. The van der Waals surface area contributed by atoms with Crippen LogP contribution in [0.3, 0.4) is 0 Å². The maximum absolute atomic E-state index is 12.4. The molecule has 0 aliphatic heterocycles. The van der Waals surface area contributed by atoms with Crippen LogP contribution in [0.5, 0.6) is 5.75 Å². The van der Waals surface area contributed by atoms with Crippen molar-refractivity contribution in [1.82, 2.24) is 19.7 Å². The Balaban J connectivity index is 1.37. The summed E-state index contributed by atoms with van der Waals surface area (Å²) in [6, 6.07) is 15.2. The van der Waals surface area contributed by atoms with Crippen LogP contribution >= 0.6 is 0 Å². The number of imidazole rings is 1. The average molecular weight is 405 g/mol. The van der Waals surface area contributed by atoms with Gasteiger partial charge in [-0.2, -0.15) is 5.10 Å². The largest absolute Gasteiger partial charge is 0.497 e. The Kier molecular flexibility index (Phi) is 5.49. The van der Waals surface area contributed by atoms with Crippen molar-refractivity contribution in [2.75, 3.05) is 19.0 Å². The maximum Gasteiger partial charge on any atom is 0.251 e. The summed E-state index contributed by atoms with van der Waals surface area (Å²) in [7, 11) is 1.62. The van der Waals surface area contributed by atoms with Gasteiger partial charge in [-0.25, -0.2) is 9.67 Å². The van der Waals surface area contributed by atoms with Crippen molar-refractivity contribution in [3.63, 3.8) is 0 Å². The molecule has 2 N–H and O–H groups in total. The highest BCUT2D eigenvalue weighted by atomic mass is 16.5. The topological polar surface area (TPSA) is 94.1 Å². The minimum absolute atomic E-state index is 0.0943. The molecule has 0 bridgehead atoms. The number of benzene rings is 2. The third kappa shape index (κ3) is 4.33. The zero-order valence-electron chi connectivity index (χ0n) is 17.1. The zero-order chi connectivity index (χ0) is 21.1. The van der Waals surface area contributed by atoms with E-state index in [-0.39, 0.29) is 19.1 Å². The molecule has 1 amide bonds. The quantitative estimate of drug-likeness (QED) is 0.491. The van der Waals surface area contributed by atoms with Crippen LogP contribution in [-0.2, 0) is 16.1 Å². The number of anilines is 1. The van der Waals surface area contributed by atoms with Crippen LogP contribution < -0.4 is 10.1 Å². The molecule has 2 aromatic carbocycles. The second-order valence-electron chi connectivity index (χ2n) is 7.03. The maximum atomic E-state index is 12.4. The monoisotopic (exact) mass is 405 g/mol. The van der Waals surface area contributed by atoms with Crippen molar-refractivity contribution in [2.24, 2.45) is 0 Å². The molecule has 2 heterocycles. The smallest absolute Gasteiger partial charge is 0.251 e. The molecular formula is C22H23N5O3. The minimum atomic E-state index is -0.267. The average Bonchev–Trinajstić information content (AvgIpc) is 3.30. The van der Waals surface area contributed by atoms with Gasteiger partial charge in [0.25, 0.3) is 5.91 Å². The van der Waals surface area contributed by atoms with Gasteiger partial charge in [-0.05, 0) is 55.8 Å². The third-order valence-electron chi connectivity index (χ3n) is 4.57. The van der Waals surface area contributed by atoms with Crippen molar-refractivity contribution in [1.29, 1.82) is 0 Å². The van der Waals surface area contributed by atoms with Gasteiger partial charge in [0.2, 0.25) is 0 Å². The lowest BCUT2D eigenvalue weighted by Gasteiger charge is -2.09. The molecule has 0 fully saturated rings. The number of ether oxygens (including phenoxy) is 2. The first kappa shape index (κ1) is 19.7. The van der Waals surface area contributed by atoms with Crippen LogP contribution in [0.15, 0.2) is 48.5 Å². The van der Waals surface area contributed by atoms with E-state index in [0.717, 1.165) is 33.7 Å². The first-order valence-electron chi connectivity index (χ1n) is 9.56. The summed E-state index contributed by atoms with van der Waals surface area (Å²) in [6.45, 7) is 4.02. The number of carbonyl (C=O) groups excluding carboxylic acids is 1. The van der Waals surface area contributed by atoms with Crippen molar-refractivity contribution in [3.8, 4) is 11.4 Å². The van der Waals surface area contributed by atoms with Gasteiger partial charge in [-0.15, -0.1) is 0 Å². The van der Waals surface area contributed by atoms with Crippen LogP contribution in [0.1, 0.15) is 17.1 Å². The van der Waals surface area contributed by atoms with Gasteiger partial charge in [-0.1, -0.05) is 6.07 Å². The summed E-state index contributed by atoms with van der Waals surface area (Å²) in [4.78, 5) is 20.1. The molecule has 0 unspecified atom stereocenters. The number of hydrogen-bond donors (Lipinski definition) is 2. The third-order valence-corrected chi connectivity index (χ3v) is 4.57. The lowest BCUT2D eigenvalue weighted by atomic mass is 10.2. The minimum Gasteiger partial charge on any atom is -0.497 e. The fraction of sp³-hybridized carbons (Fsp3) is 0.227. The van der Waals surface area contributed by atoms with Crippen LogP contribution in [0, 0.1) is 13.8 Å². The van der Waals surface area contributed by atoms with E-state index in [1.165, 1.54) is 0 Å². The number of H-pyrrole nitrogens is 1. The Morgan fingerprint density at radius 3 is 2.70 bits per heavy atom. The standard InChI is InChI=1S/C22H23N5O3/c1-14-4-9-18-19(10-14)24-20(23-18)12-30-13-22(28)25-21-11-15(2)26-27(21)16-5-7-17(29-3)8-6-16/h4-11H,12-13H2,1-3H3,(H,23,24)(H,25,28). The van der Waals surface area contributed by atoms with Crippen molar-refractivity contribution in [2.45, 2.75) is 20.5 Å². The van der Waals surface area contributed by atoms with Crippen LogP contribution in [0.25, 0.3) is 16.7 Å². The number of aromatic nitrogens is 4. The zero-order valence-corrected chi connectivity index (χ0v) is 17.1. The number of hydrogen-bond acceptors (Lipinski definition) is 5. The lowest BCUT2D eigenvalue weighted by Crippen LogP contribution is -2.20. The molecule has 4 rings (SSSR count). The number of nitrogens with zero attached hydrogens (tertiary/aromatic N) is 3. The molecular weight excluding hydrogens is 382 g/mol. The van der Waals surface area contributed by atoms with Gasteiger partial charge in [0.15, 0.2) is 0 Å². The Morgan fingerprint density at radius 2 is 1.93 bits per heavy atom. The molecule has 4 aromatic rings. The normalized spacial score (nSPS) is 11.0. The molecule has 0 aliphatic rings. The summed E-state index contributed by atoms with van der Waals surface area (Å²) in [5, 5.41) is 7.31. The number of amides is 1. The second-order valence-corrected chi connectivity index (χ2v) is 7.03. The molecule has 154 valence electrons. The Hall–Kier alpha value is -3.65. The summed E-state index contributed by atoms with van der Waals surface area (Å²) in [6.07, 6.45) is 0. The highest BCUT2D eigenvalue weighted by Crippen LogP contribution is 2.20. The summed E-state index contributed by atoms with van der Waals surface area (Å²) in [5.41, 5.74) is 4.60. The van der Waals surface area contributed by atoms with E-state index >= 15 is 0 Å². The first-order valence-corrected chi connectivity index (χ1v) is 9.56. The van der Waals surface area contributed by atoms with Gasteiger partial charge in [0.05, 0.1) is 29.5 Å². The molecule has 0 saturated carbocycles. The van der Waals surface area contributed by atoms with E-state index in [0.29, 0.717) is 11.6 Å². The highest BCUT2D eigenvalue weighted by molar-refractivity contribution is 5.91. The predicted molar refractivity (Wildman–Crippen MR) is 114 cm³/mol. The summed E-state index contributed by atoms with van der Waals surface area (Å²) < 4.78 is 12.4. The Labute approximate surface area is 173 Å². The molecule has 0 saturated heterocycles. The Bertz CT molecular complexity index is 1180. The first-order chi connectivity index (χ1) is 14.5. The highest BCUT2D eigenvalue weighted by Gasteiger charge is 2.12. The van der Waals surface area contributed by atoms with Crippen molar-refractivity contribution >= 4 is 22.8 Å². The molecule has 0 spiro atoms. The number of methoxy groups -OCH3 is 1. The molecule has 0 radical (unpaired) electrons. The van der Waals surface area contributed by atoms with E-state index < -0.39 is 0 Å². The van der Waals surface area contributed by atoms with Crippen LogP contribution in [0.2, 0.25) is 0 Å². The summed E-state index contributed by atoms with van der Waals surface area (Å²) >= 11 is 0. The number of carbonyl (C=O) groups is 1. The van der Waals surface area contributed by atoms with E-state index in [9.17, 15) is 4.79 Å². The SMILES string of the molecule is COc1ccc(-n2nc(C)cc2NC(=O)COCc2nc3ccc(C)cc3[nH]2)cc1. The van der Waals surface area contributed by atoms with Gasteiger partial charge < -0.3 is 19.8 Å². The van der Waals surface area contributed by atoms with E-state index in [1.54, 1.807) is 11.8 Å². The number of aryl methyl sites for hydroxylation is 2. The van der Waals surface area contributed by atoms with E-state index in [1.807, 2.05) is 62.4 Å². The number of fused-ring (bicyclic) bond motifs is 1. The fourth-order valence-electron chi connectivity index (χ4n) is 3.17. The number of nitrogens with one attached hydrogen (secondary N) is 2. The summed E-state index contributed by atoms with van der Waals surface area (Å²) in [5.74, 6) is 1.74. The lowest BCUT2D eigenvalue weighted by molar-refractivity contribution is -0.121. The van der Waals surface area contributed by atoms with E-state index in [4.69, 9.17) is 9.47 Å². The Morgan fingerprint density at radius 1 is 1.13 bits per heavy atom. The molecule has 0 atom stereocenters. The van der Waals surface area contributed by atoms with Crippen molar-refractivity contribution < 1.29 is 14.3 Å². The van der Waals surface area contributed by atoms with Crippen molar-refractivity contribution in [3.05, 3.63) is 65.6 Å². The molecule has 8 heteroatoms. The fourth-order valence-corrected chi connectivity index (χ4v) is 3.17. The molecule has 0 aliphatic carbocycles. The van der Waals surface area contributed by atoms with Crippen LogP contribution in [-0.4, -0.2) is 39.4 Å². The van der Waals surface area contributed by atoms with Crippen LogP contribution in [0.4, 0.5) is 5.82 Å². The molecule has 8 nitrogen and oxygen atoms in total. The van der Waals surface area contributed by atoms with E-state index in [2.05, 4.69) is 20.4 Å². The second kappa shape index (κ2) is 8.38. The van der Waals surface area contributed by atoms with Gasteiger partial charge in [0.1, 0.15) is 30.6 Å². The molecule has 30 heavy (non-hydrogen) atoms. The van der Waals surface area contributed by atoms with Gasteiger partial charge in [0, 0.05) is 6.07 Å². The van der Waals surface area contributed by atoms with Gasteiger partial charge >= 0.3 is 0 Å². The predicted octanol–water partition coefficient (Wildman–Crippen LogP) is 3.53. The van der Waals surface area contributed by atoms with Gasteiger partial charge in [-0.3, -0.25) is 4.79 Å².